The van der Waals surface area contributed by atoms with Crippen LogP contribution in [0.3, 0.4) is 0 Å². The Balaban J connectivity index is 1.56. The molecular formula is C23H17NO4. The monoisotopic (exact) mass is 371 g/mol. The Bertz CT molecular complexity index is 1100. The van der Waals surface area contributed by atoms with E-state index in [1.807, 2.05) is 12.1 Å². The molecule has 0 atom stereocenters. The molecule has 0 aliphatic heterocycles. The molecule has 0 fully saturated rings. The number of carbonyl (C=O) groups is 3. The molecule has 0 saturated heterocycles. The Hall–Kier alpha value is -3.73. The molecule has 4 rings (SSSR count). The van der Waals surface area contributed by atoms with Crippen molar-refractivity contribution in [3.63, 3.8) is 0 Å². The summed E-state index contributed by atoms with van der Waals surface area (Å²) < 4.78 is 5.08. The molecule has 28 heavy (non-hydrogen) atoms. The van der Waals surface area contributed by atoms with Gasteiger partial charge < -0.3 is 10.1 Å². The van der Waals surface area contributed by atoms with Crippen LogP contribution < -0.4 is 10.1 Å². The minimum Gasteiger partial charge on any atom is -0.497 e. The first-order chi connectivity index (χ1) is 13.6. The molecule has 3 aromatic carbocycles. The summed E-state index contributed by atoms with van der Waals surface area (Å²) in [7, 11) is 1.55. The molecule has 1 aliphatic rings. The fourth-order valence-electron chi connectivity index (χ4n) is 3.40. The maximum Gasteiger partial charge on any atom is 0.252 e. The third-order valence-corrected chi connectivity index (χ3v) is 4.82. The minimum atomic E-state index is -0.386. The van der Waals surface area contributed by atoms with Crippen LogP contribution in [0.1, 0.15) is 36.6 Å². The number of ketones is 2. The van der Waals surface area contributed by atoms with Crippen molar-refractivity contribution in [3.05, 3.63) is 89.0 Å². The highest BCUT2D eigenvalue weighted by molar-refractivity contribution is 6.24. The summed E-state index contributed by atoms with van der Waals surface area (Å²) in [4.78, 5) is 37.7. The van der Waals surface area contributed by atoms with Gasteiger partial charge in [-0.1, -0.05) is 36.4 Å². The smallest absolute Gasteiger partial charge is 0.252 e. The molecule has 0 heterocycles. The van der Waals surface area contributed by atoms with Gasteiger partial charge in [-0.2, -0.15) is 0 Å². The zero-order valence-corrected chi connectivity index (χ0v) is 15.2. The second kappa shape index (κ2) is 7.12. The topological polar surface area (TPSA) is 72.5 Å². The summed E-state index contributed by atoms with van der Waals surface area (Å²) in [6, 6.07) is 19.0. The van der Waals surface area contributed by atoms with Crippen LogP contribution in [0.25, 0.3) is 11.1 Å². The number of benzene rings is 3. The molecule has 1 amide bonds. The second-order valence-electron chi connectivity index (χ2n) is 6.44. The van der Waals surface area contributed by atoms with Gasteiger partial charge in [-0.25, -0.2) is 0 Å². The normalized spacial score (nSPS) is 11.5. The number of carbonyl (C=O) groups excluding carboxylic acids is 3. The zero-order chi connectivity index (χ0) is 19.7. The first-order valence-corrected chi connectivity index (χ1v) is 8.82. The van der Waals surface area contributed by atoms with Crippen molar-refractivity contribution in [3.8, 4) is 16.9 Å². The number of hydrogen-bond donors (Lipinski definition) is 1. The van der Waals surface area contributed by atoms with E-state index in [1.54, 1.807) is 61.7 Å². The number of fused-ring (bicyclic) bond motifs is 3. The summed E-state index contributed by atoms with van der Waals surface area (Å²) in [5.41, 5.74) is 3.34. The van der Waals surface area contributed by atoms with Crippen LogP contribution in [-0.4, -0.2) is 31.1 Å². The van der Waals surface area contributed by atoms with E-state index in [0.717, 1.165) is 5.56 Å². The lowest BCUT2D eigenvalue weighted by Crippen LogP contribution is -2.30. The maximum absolute atomic E-state index is 12.8. The Morgan fingerprint density at radius 3 is 2.25 bits per heavy atom. The van der Waals surface area contributed by atoms with Crippen molar-refractivity contribution in [1.29, 1.82) is 0 Å². The molecule has 3 aromatic rings. The second-order valence-corrected chi connectivity index (χ2v) is 6.44. The number of methoxy groups -OCH3 is 1. The highest BCUT2D eigenvalue weighted by Crippen LogP contribution is 2.38. The van der Waals surface area contributed by atoms with Crippen molar-refractivity contribution in [2.75, 3.05) is 13.7 Å². The number of Topliss-reactive ketones (excluding diaryl/α,β-unsaturated/α-hetero) is 1. The van der Waals surface area contributed by atoms with E-state index in [9.17, 15) is 14.4 Å². The van der Waals surface area contributed by atoms with Crippen LogP contribution in [0.15, 0.2) is 66.7 Å². The lowest BCUT2D eigenvalue weighted by atomic mass is 9.99. The average molecular weight is 371 g/mol. The van der Waals surface area contributed by atoms with Crippen LogP contribution in [0.4, 0.5) is 0 Å². The molecule has 0 saturated carbocycles. The molecule has 5 heteroatoms. The zero-order valence-electron chi connectivity index (χ0n) is 15.2. The number of amides is 1. The van der Waals surface area contributed by atoms with Crippen molar-refractivity contribution in [2.45, 2.75) is 0 Å². The van der Waals surface area contributed by atoms with Crippen molar-refractivity contribution >= 4 is 17.5 Å². The van der Waals surface area contributed by atoms with Crippen LogP contribution in [0, 0.1) is 0 Å². The molecule has 0 unspecified atom stereocenters. The standard InChI is InChI=1S/C23H17NO4/c1-28-15-11-9-14(10-12-15)20(25)13-24-23(27)19-8-4-7-18-21(19)16-5-2-3-6-17(16)22(18)26/h2-12H,13H2,1H3,(H,24,27). The van der Waals surface area contributed by atoms with Gasteiger partial charge in [0.15, 0.2) is 11.6 Å². The van der Waals surface area contributed by atoms with Crippen molar-refractivity contribution < 1.29 is 19.1 Å². The molecule has 0 bridgehead atoms. The quantitative estimate of drug-likeness (QED) is 0.545. The van der Waals surface area contributed by atoms with Gasteiger partial charge in [0.25, 0.3) is 5.91 Å². The summed E-state index contributed by atoms with van der Waals surface area (Å²) in [6.45, 7) is -0.135. The van der Waals surface area contributed by atoms with E-state index in [1.165, 1.54) is 0 Å². The van der Waals surface area contributed by atoms with Crippen LogP contribution in [-0.2, 0) is 0 Å². The highest BCUT2D eigenvalue weighted by Gasteiger charge is 2.30. The Morgan fingerprint density at radius 2 is 1.54 bits per heavy atom. The van der Waals surface area contributed by atoms with E-state index in [2.05, 4.69) is 5.32 Å². The molecule has 1 N–H and O–H groups in total. The molecule has 0 spiro atoms. The van der Waals surface area contributed by atoms with Gasteiger partial charge in [0.2, 0.25) is 0 Å². The molecule has 138 valence electrons. The van der Waals surface area contributed by atoms with Crippen molar-refractivity contribution in [1.82, 2.24) is 5.32 Å². The van der Waals surface area contributed by atoms with Gasteiger partial charge in [0, 0.05) is 27.8 Å². The molecule has 5 nitrogen and oxygen atoms in total. The number of nitrogens with one attached hydrogen (secondary N) is 1. The minimum absolute atomic E-state index is 0.0884. The Morgan fingerprint density at radius 1 is 0.857 bits per heavy atom. The van der Waals surface area contributed by atoms with E-state index in [-0.39, 0.29) is 24.0 Å². The molecule has 0 aromatic heterocycles. The SMILES string of the molecule is COc1ccc(C(=O)CNC(=O)c2cccc3c2-c2ccccc2C3=O)cc1. The van der Waals surface area contributed by atoms with Gasteiger partial charge in [-0.05, 0) is 35.9 Å². The number of rotatable bonds is 5. The third-order valence-electron chi connectivity index (χ3n) is 4.82. The van der Waals surface area contributed by atoms with Crippen LogP contribution in [0.2, 0.25) is 0 Å². The summed E-state index contributed by atoms with van der Waals surface area (Å²) >= 11 is 0. The van der Waals surface area contributed by atoms with Crippen LogP contribution >= 0.6 is 0 Å². The molecule has 0 radical (unpaired) electrons. The van der Waals surface area contributed by atoms with E-state index < -0.39 is 0 Å². The largest absolute Gasteiger partial charge is 0.497 e. The Kier molecular flexibility index (Phi) is 4.49. The van der Waals surface area contributed by atoms with Gasteiger partial charge in [-0.3, -0.25) is 14.4 Å². The van der Waals surface area contributed by atoms with E-state index in [4.69, 9.17) is 4.74 Å². The summed E-state index contributed by atoms with van der Waals surface area (Å²) in [5, 5.41) is 2.67. The van der Waals surface area contributed by atoms with E-state index in [0.29, 0.717) is 33.6 Å². The van der Waals surface area contributed by atoms with Gasteiger partial charge in [0.1, 0.15) is 5.75 Å². The lowest BCUT2D eigenvalue weighted by molar-refractivity contribution is 0.0904. The summed E-state index contributed by atoms with van der Waals surface area (Å²) in [5.74, 6) is -0.0263. The van der Waals surface area contributed by atoms with Gasteiger partial charge in [-0.15, -0.1) is 0 Å². The highest BCUT2D eigenvalue weighted by atomic mass is 16.5. The predicted molar refractivity (Wildman–Crippen MR) is 105 cm³/mol. The fourth-order valence-corrected chi connectivity index (χ4v) is 3.40. The molecule has 1 aliphatic carbocycles. The van der Waals surface area contributed by atoms with Gasteiger partial charge in [0.05, 0.1) is 13.7 Å². The van der Waals surface area contributed by atoms with E-state index >= 15 is 0 Å². The van der Waals surface area contributed by atoms with Crippen LogP contribution in [0.5, 0.6) is 5.75 Å². The predicted octanol–water partition coefficient (Wildman–Crippen LogP) is 3.52. The lowest BCUT2D eigenvalue weighted by Gasteiger charge is -2.10. The molecular weight excluding hydrogens is 354 g/mol. The summed E-state index contributed by atoms with van der Waals surface area (Å²) in [6.07, 6.45) is 0. The van der Waals surface area contributed by atoms with Gasteiger partial charge >= 0.3 is 0 Å². The average Bonchev–Trinajstić information content (AvgIpc) is 3.04. The van der Waals surface area contributed by atoms with Crippen molar-refractivity contribution in [2.24, 2.45) is 0 Å². The third kappa shape index (κ3) is 2.97. The first kappa shape index (κ1) is 17.7. The number of ether oxygens (including phenoxy) is 1. The number of hydrogen-bond acceptors (Lipinski definition) is 4. The first-order valence-electron chi connectivity index (χ1n) is 8.82. The fraction of sp³-hybridized carbons (Fsp3) is 0.0870. The Labute approximate surface area is 162 Å². The maximum atomic E-state index is 12.8.